The van der Waals surface area contributed by atoms with Crippen molar-refractivity contribution in [3.63, 3.8) is 0 Å². The molecule has 0 saturated carbocycles. The molecule has 1 heterocycles. The minimum Gasteiger partial charge on any atom is -0.497 e. The van der Waals surface area contributed by atoms with Gasteiger partial charge in [0.2, 0.25) is 0 Å². The molecule has 4 nitrogen and oxygen atoms in total. The summed E-state index contributed by atoms with van der Waals surface area (Å²) >= 11 is 0. The molecular formula is C21H25BO4. The Balaban J connectivity index is 2.04. The van der Waals surface area contributed by atoms with E-state index in [2.05, 4.69) is 0 Å². The van der Waals surface area contributed by atoms with Gasteiger partial charge in [0.15, 0.2) is 5.78 Å². The van der Waals surface area contributed by atoms with E-state index in [0.29, 0.717) is 22.3 Å². The predicted octanol–water partition coefficient (Wildman–Crippen LogP) is 3.53. The van der Waals surface area contributed by atoms with Gasteiger partial charge in [0.05, 0.1) is 18.3 Å². The Morgan fingerprint density at radius 3 is 2.08 bits per heavy atom. The lowest BCUT2D eigenvalue weighted by atomic mass is 9.74. The van der Waals surface area contributed by atoms with Gasteiger partial charge in [-0.15, -0.1) is 0 Å². The van der Waals surface area contributed by atoms with E-state index in [1.807, 2.05) is 65.0 Å². The maximum Gasteiger partial charge on any atom is 0.495 e. The summed E-state index contributed by atoms with van der Waals surface area (Å²) in [5.41, 5.74) is 2.04. The van der Waals surface area contributed by atoms with Gasteiger partial charge in [-0.25, -0.2) is 0 Å². The van der Waals surface area contributed by atoms with Crippen molar-refractivity contribution in [2.45, 2.75) is 45.8 Å². The number of methoxy groups -OCH3 is 1. The number of hydrogen-bond donors (Lipinski definition) is 0. The van der Waals surface area contributed by atoms with E-state index in [0.717, 1.165) is 5.56 Å². The van der Waals surface area contributed by atoms with Gasteiger partial charge in [0.1, 0.15) is 5.75 Å². The van der Waals surface area contributed by atoms with Crippen molar-refractivity contribution in [1.82, 2.24) is 0 Å². The third-order valence-electron chi connectivity index (χ3n) is 5.32. The highest BCUT2D eigenvalue weighted by molar-refractivity contribution is 6.64. The molecule has 0 aliphatic carbocycles. The molecule has 0 bridgehead atoms. The van der Waals surface area contributed by atoms with E-state index in [1.54, 1.807) is 19.2 Å². The van der Waals surface area contributed by atoms with E-state index in [9.17, 15) is 4.79 Å². The van der Waals surface area contributed by atoms with Crippen molar-refractivity contribution >= 4 is 18.4 Å². The quantitative estimate of drug-likeness (QED) is 0.624. The van der Waals surface area contributed by atoms with Crippen LogP contribution in [0.2, 0.25) is 0 Å². The van der Waals surface area contributed by atoms with E-state index < -0.39 is 18.3 Å². The fourth-order valence-corrected chi connectivity index (χ4v) is 2.90. The number of ether oxygens (including phenoxy) is 1. The summed E-state index contributed by atoms with van der Waals surface area (Å²) in [7, 11) is 0.977. The van der Waals surface area contributed by atoms with Crippen molar-refractivity contribution in [3.8, 4) is 5.75 Å². The van der Waals surface area contributed by atoms with Crippen LogP contribution in [0.25, 0.3) is 0 Å². The topological polar surface area (TPSA) is 44.8 Å². The lowest BCUT2D eigenvalue weighted by Gasteiger charge is -2.32. The first-order valence-corrected chi connectivity index (χ1v) is 8.79. The van der Waals surface area contributed by atoms with Crippen LogP contribution in [-0.4, -0.2) is 31.2 Å². The van der Waals surface area contributed by atoms with Gasteiger partial charge in [-0.3, -0.25) is 4.79 Å². The number of ketones is 1. The zero-order chi connectivity index (χ0) is 19.1. The summed E-state index contributed by atoms with van der Waals surface area (Å²) in [6.45, 7) is 9.98. The molecule has 1 aliphatic rings. The summed E-state index contributed by atoms with van der Waals surface area (Å²) in [6.07, 6.45) is 0. The number of rotatable bonds is 4. The Labute approximate surface area is 155 Å². The minimum atomic E-state index is -0.625. The first kappa shape index (κ1) is 18.7. The largest absolute Gasteiger partial charge is 0.497 e. The summed E-state index contributed by atoms with van der Waals surface area (Å²) in [4.78, 5) is 13.1. The summed E-state index contributed by atoms with van der Waals surface area (Å²) in [6, 6.07) is 12.9. The van der Waals surface area contributed by atoms with E-state index in [4.69, 9.17) is 14.0 Å². The fraction of sp³-hybridized carbons (Fsp3) is 0.381. The summed E-state index contributed by atoms with van der Waals surface area (Å²) in [5, 5.41) is 0. The molecule has 136 valence electrons. The smallest absolute Gasteiger partial charge is 0.495 e. The molecule has 1 fully saturated rings. The molecule has 1 aliphatic heterocycles. The highest BCUT2D eigenvalue weighted by Gasteiger charge is 2.52. The second-order valence-electron chi connectivity index (χ2n) is 7.74. The first-order valence-electron chi connectivity index (χ1n) is 8.79. The maximum absolute atomic E-state index is 13.1. The Morgan fingerprint density at radius 2 is 1.54 bits per heavy atom. The average molecular weight is 352 g/mol. The number of aryl methyl sites for hydroxylation is 1. The van der Waals surface area contributed by atoms with Gasteiger partial charge in [-0.05, 0) is 58.3 Å². The predicted molar refractivity (Wildman–Crippen MR) is 103 cm³/mol. The van der Waals surface area contributed by atoms with Crippen LogP contribution in [0.5, 0.6) is 5.75 Å². The standard InChI is InChI=1S/C21H25BO4/c1-14-7-9-15(10-8-14)19(23)17-12-11-16(24-6)13-18(17)22-25-20(2,3)21(4,5)26-22/h7-13H,1-6H3. The number of hydrogen-bond acceptors (Lipinski definition) is 4. The molecule has 1 saturated heterocycles. The maximum atomic E-state index is 13.1. The Hall–Kier alpha value is -2.11. The van der Waals surface area contributed by atoms with Crippen LogP contribution in [0.3, 0.4) is 0 Å². The zero-order valence-corrected chi connectivity index (χ0v) is 16.3. The van der Waals surface area contributed by atoms with Crippen LogP contribution < -0.4 is 10.2 Å². The minimum absolute atomic E-state index is 0.0580. The number of carbonyl (C=O) groups excluding carboxylic acids is 1. The molecule has 0 unspecified atom stereocenters. The summed E-state index contributed by atoms with van der Waals surface area (Å²) < 4.78 is 17.7. The van der Waals surface area contributed by atoms with Gasteiger partial charge in [-0.2, -0.15) is 0 Å². The van der Waals surface area contributed by atoms with Crippen LogP contribution in [0, 0.1) is 6.92 Å². The van der Waals surface area contributed by atoms with Crippen molar-refractivity contribution in [2.24, 2.45) is 0 Å². The van der Waals surface area contributed by atoms with Crippen molar-refractivity contribution in [2.75, 3.05) is 7.11 Å². The number of benzene rings is 2. The summed E-state index contributed by atoms with van der Waals surface area (Å²) in [5.74, 6) is 0.604. The second-order valence-corrected chi connectivity index (χ2v) is 7.74. The molecule has 0 atom stereocenters. The average Bonchev–Trinajstić information content (AvgIpc) is 2.82. The van der Waals surface area contributed by atoms with Crippen LogP contribution >= 0.6 is 0 Å². The van der Waals surface area contributed by atoms with Crippen LogP contribution in [-0.2, 0) is 9.31 Å². The molecule has 2 aromatic carbocycles. The molecule has 26 heavy (non-hydrogen) atoms. The fourth-order valence-electron chi connectivity index (χ4n) is 2.90. The molecule has 0 radical (unpaired) electrons. The van der Waals surface area contributed by atoms with Crippen LogP contribution in [0.15, 0.2) is 42.5 Å². The molecule has 0 aromatic heterocycles. The Bertz CT molecular complexity index is 808. The molecule has 3 rings (SSSR count). The lowest BCUT2D eigenvalue weighted by molar-refractivity contribution is 0.00578. The van der Waals surface area contributed by atoms with Gasteiger partial charge < -0.3 is 14.0 Å². The second kappa shape index (κ2) is 6.56. The highest BCUT2D eigenvalue weighted by atomic mass is 16.7. The molecule has 2 aromatic rings. The van der Waals surface area contributed by atoms with E-state index >= 15 is 0 Å². The van der Waals surface area contributed by atoms with Gasteiger partial charge in [0.25, 0.3) is 0 Å². The van der Waals surface area contributed by atoms with Gasteiger partial charge >= 0.3 is 7.12 Å². The van der Waals surface area contributed by atoms with E-state index in [1.165, 1.54) is 0 Å². The molecule has 0 spiro atoms. The third-order valence-corrected chi connectivity index (χ3v) is 5.32. The van der Waals surface area contributed by atoms with Crippen molar-refractivity contribution in [3.05, 3.63) is 59.2 Å². The highest BCUT2D eigenvalue weighted by Crippen LogP contribution is 2.37. The Morgan fingerprint density at radius 1 is 0.962 bits per heavy atom. The molecular weight excluding hydrogens is 327 g/mol. The van der Waals surface area contributed by atoms with Crippen LogP contribution in [0.4, 0.5) is 0 Å². The zero-order valence-electron chi connectivity index (χ0n) is 16.3. The Kier molecular flexibility index (Phi) is 4.71. The normalized spacial score (nSPS) is 18.0. The van der Waals surface area contributed by atoms with Gasteiger partial charge in [-0.1, -0.05) is 29.8 Å². The monoisotopic (exact) mass is 352 g/mol. The third kappa shape index (κ3) is 3.29. The lowest BCUT2D eigenvalue weighted by Crippen LogP contribution is -2.41. The SMILES string of the molecule is COc1ccc(C(=O)c2ccc(C)cc2)c(B2OC(C)(C)C(C)(C)O2)c1. The van der Waals surface area contributed by atoms with E-state index in [-0.39, 0.29) is 5.78 Å². The first-order chi connectivity index (χ1) is 12.1. The molecule has 0 amide bonds. The van der Waals surface area contributed by atoms with Crippen molar-refractivity contribution in [1.29, 1.82) is 0 Å². The van der Waals surface area contributed by atoms with Crippen LogP contribution in [0.1, 0.15) is 49.2 Å². The molecule has 0 N–H and O–H groups in total. The molecule has 5 heteroatoms. The number of carbonyl (C=O) groups is 1. The van der Waals surface area contributed by atoms with Crippen molar-refractivity contribution < 1.29 is 18.8 Å². The van der Waals surface area contributed by atoms with Gasteiger partial charge in [0, 0.05) is 11.1 Å².